The second-order valence-corrected chi connectivity index (χ2v) is 6.71. The van der Waals surface area contributed by atoms with Gasteiger partial charge in [0.25, 0.3) is 0 Å². The molecular formula is C18H22ClN5O2. The molecule has 0 aromatic carbocycles. The minimum Gasteiger partial charge on any atom is -0.352 e. The molecule has 8 heteroatoms. The van der Waals surface area contributed by atoms with Crippen molar-refractivity contribution in [3.63, 3.8) is 0 Å². The maximum atomic E-state index is 12.5. The molecule has 0 aliphatic rings. The molecule has 0 saturated carbocycles. The first-order chi connectivity index (χ1) is 12.6. The standard InChI is InChI=1S/C18H22ClN5O2/c1-4-6-8-11-14(24-26-15(11)12(25)9-7-5-2)18-20-16(19)13-10(3)22-23-17(13)21-18/h4-9H2,1-3H3,(H,20,21,22,23). The van der Waals surface area contributed by atoms with Gasteiger partial charge >= 0.3 is 0 Å². The highest BCUT2D eigenvalue weighted by Gasteiger charge is 2.25. The topological polar surface area (TPSA) is 97.6 Å². The molecule has 0 bridgehead atoms. The smallest absolute Gasteiger partial charge is 0.206 e. The Balaban J connectivity index is 2.06. The summed E-state index contributed by atoms with van der Waals surface area (Å²) in [5.74, 6) is 0.623. The lowest BCUT2D eigenvalue weighted by Gasteiger charge is -2.03. The molecule has 138 valence electrons. The Morgan fingerprint density at radius 2 is 1.96 bits per heavy atom. The second-order valence-electron chi connectivity index (χ2n) is 6.35. The van der Waals surface area contributed by atoms with Gasteiger partial charge in [-0.25, -0.2) is 9.97 Å². The lowest BCUT2D eigenvalue weighted by Crippen LogP contribution is -2.03. The molecule has 0 aliphatic heterocycles. The van der Waals surface area contributed by atoms with Crippen molar-refractivity contribution in [1.29, 1.82) is 0 Å². The number of unbranched alkanes of at least 4 members (excludes halogenated alkanes) is 2. The predicted octanol–water partition coefficient (Wildman–Crippen LogP) is 4.69. The summed E-state index contributed by atoms with van der Waals surface area (Å²) in [6, 6.07) is 0. The minimum absolute atomic E-state index is 0.0282. The van der Waals surface area contributed by atoms with Crippen molar-refractivity contribution in [3.8, 4) is 11.5 Å². The normalized spacial score (nSPS) is 11.4. The van der Waals surface area contributed by atoms with Gasteiger partial charge in [0.15, 0.2) is 17.2 Å². The number of halogens is 1. The van der Waals surface area contributed by atoms with Gasteiger partial charge in [0.05, 0.1) is 5.39 Å². The summed E-state index contributed by atoms with van der Waals surface area (Å²) in [6.07, 6.45) is 4.81. The van der Waals surface area contributed by atoms with Crippen LogP contribution >= 0.6 is 11.6 Å². The van der Waals surface area contributed by atoms with Crippen LogP contribution in [0.25, 0.3) is 22.6 Å². The van der Waals surface area contributed by atoms with E-state index in [1.54, 1.807) is 0 Å². The Morgan fingerprint density at radius 1 is 1.19 bits per heavy atom. The lowest BCUT2D eigenvalue weighted by molar-refractivity contribution is 0.0942. The second kappa shape index (κ2) is 7.95. The molecule has 3 rings (SSSR count). The summed E-state index contributed by atoms with van der Waals surface area (Å²) < 4.78 is 5.41. The number of fused-ring (bicyclic) bond motifs is 1. The number of hydrogen-bond donors (Lipinski definition) is 1. The molecule has 0 radical (unpaired) electrons. The van der Waals surface area contributed by atoms with Crippen molar-refractivity contribution in [2.75, 3.05) is 0 Å². The maximum Gasteiger partial charge on any atom is 0.206 e. The van der Waals surface area contributed by atoms with E-state index in [0.29, 0.717) is 46.3 Å². The highest BCUT2D eigenvalue weighted by molar-refractivity contribution is 6.34. The maximum absolute atomic E-state index is 12.5. The van der Waals surface area contributed by atoms with Crippen LogP contribution in [0.15, 0.2) is 4.52 Å². The summed E-state index contributed by atoms with van der Waals surface area (Å²) in [6.45, 7) is 6.00. The number of nitrogens with zero attached hydrogens (tertiary/aromatic N) is 4. The molecule has 3 aromatic rings. The van der Waals surface area contributed by atoms with Crippen molar-refractivity contribution in [1.82, 2.24) is 25.3 Å². The molecule has 0 aliphatic carbocycles. The largest absolute Gasteiger partial charge is 0.352 e. The number of Topliss-reactive ketones (excluding diaryl/α,β-unsaturated/α-hetero) is 1. The van der Waals surface area contributed by atoms with Gasteiger partial charge in [0, 0.05) is 17.7 Å². The first kappa shape index (κ1) is 18.5. The molecule has 1 N–H and O–H groups in total. The van der Waals surface area contributed by atoms with E-state index in [-0.39, 0.29) is 5.78 Å². The van der Waals surface area contributed by atoms with Crippen LogP contribution in [0.3, 0.4) is 0 Å². The van der Waals surface area contributed by atoms with Crippen molar-refractivity contribution >= 4 is 28.4 Å². The first-order valence-corrected chi connectivity index (χ1v) is 9.34. The number of hydrogen-bond acceptors (Lipinski definition) is 6. The van der Waals surface area contributed by atoms with E-state index < -0.39 is 0 Å². The Kier molecular flexibility index (Phi) is 5.66. The van der Waals surface area contributed by atoms with Crippen molar-refractivity contribution in [3.05, 3.63) is 22.2 Å². The monoisotopic (exact) mass is 375 g/mol. The van der Waals surface area contributed by atoms with Crippen LogP contribution in [0, 0.1) is 6.92 Å². The third-order valence-electron chi connectivity index (χ3n) is 4.34. The summed E-state index contributed by atoms with van der Waals surface area (Å²) in [5.41, 5.74) is 2.51. The van der Waals surface area contributed by atoms with E-state index in [1.165, 1.54) is 0 Å². The highest BCUT2D eigenvalue weighted by atomic mass is 35.5. The molecule has 0 saturated heterocycles. The quantitative estimate of drug-likeness (QED) is 0.453. The molecule has 7 nitrogen and oxygen atoms in total. The van der Waals surface area contributed by atoms with Gasteiger partial charge in [-0.2, -0.15) is 5.10 Å². The van der Waals surface area contributed by atoms with Gasteiger partial charge in [-0.1, -0.05) is 43.4 Å². The summed E-state index contributed by atoms with van der Waals surface area (Å²) in [4.78, 5) is 21.3. The van der Waals surface area contributed by atoms with E-state index in [4.69, 9.17) is 16.1 Å². The van der Waals surface area contributed by atoms with Crippen LogP contribution in [0.1, 0.15) is 67.8 Å². The van der Waals surface area contributed by atoms with Gasteiger partial charge in [-0.05, 0) is 26.2 Å². The fourth-order valence-corrected chi connectivity index (χ4v) is 3.17. The van der Waals surface area contributed by atoms with E-state index in [2.05, 4.69) is 32.2 Å². The van der Waals surface area contributed by atoms with Gasteiger partial charge in [-0.15, -0.1) is 0 Å². The zero-order valence-electron chi connectivity index (χ0n) is 15.2. The third-order valence-corrected chi connectivity index (χ3v) is 4.61. The number of nitrogens with one attached hydrogen (secondary N) is 1. The number of H-pyrrole nitrogens is 1. The number of carbonyl (C=O) groups is 1. The fraction of sp³-hybridized carbons (Fsp3) is 0.500. The number of aryl methyl sites for hydroxylation is 1. The fourth-order valence-electron chi connectivity index (χ4n) is 2.86. The number of aromatic amines is 1. The first-order valence-electron chi connectivity index (χ1n) is 8.97. The summed E-state index contributed by atoms with van der Waals surface area (Å²) in [7, 11) is 0. The molecule has 0 spiro atoms. The Morgan fingerprint density at radius 3 is 2.69 bits per heavy atom. The van der Waals surface area contributed by atoms with Crippen LogP contribution in [0.2, 0.25) is 5.15 Å². The molecule has 0 unspecified atom stereocenters. The average molecular weight is 376 g/mol. The average Bonchev–Trinajstić information content (AvgIpc) is 3.21. The molecule has 3 heterocycles. The van der Waals surface area contributed by atoms with Crippen LogP contribution < -0.4 is 0 Å². The highest BCUT2D eigenvalue weighted by Crippen LogP contribution is 2.30. The van der Waals surface area contributed by atoms with Gasteiger partial charge in [0.2, 0.25) is 11.5 Å². The molecular weight excluding hydrogens is 354 g/mol. The number of aromatic nitrogens is 5. The van der Waals surface area contributed by atoms with Gasteiger partial charge < -0.3 is 4.52 Å². The zero-order valence-corrected chi connectivity index (χ0v) is 16.0. The van der Waals surface area contributed by atoms with Gasteiger partial charge in [0.1, 0.15) is 5.15 Å². The molecule has 0 atom stereocenters. The van der Waals surface area contributed by atoms with Crippen molar-refractivity contribution in [2.45, 2.75) is 59.3 Å². The Labute approximate surface area is 156 Å². The van der Waals surface area contributed by atoms with Crippen LogP contribution in [0.5, 0.6) is 0 Å². The molecule has 26 heavy (non-hydrogen) atoms. The predicted molar refractivity (Wildman–Crippen MR) is 99.4 cm³/mol. The van der Waals surface area contributed by atoms with Crippen molar-refractivity contribution < 1.29 is 9.32 Å². The van der Waals surface area contributed by atoms with Gasteiger partial charge in [-0.3, -0.25) is 9.89 Å². The number of rotatable bonds is 8. The van der Waals surface area contributed by atoms with Crippen LogP contribution in [0.4, 0.5) is 0 Å². The Bertz CT molecular complexity index is 931. The Hall–Kier alpha value is -2.28. The van der Waals surface area contributed by atoms with E-state index in [0.717, 1.165) is 36.9 Å². The van der Waals surface area contributed by atoms with E-state index in [9.17, 15) is 4.79 Å². The molecule has 0 amide bonds. The van der Waals surface area contributed by atoms with E-state index >= 15 is 0 Å². The number of carbonyl (C=O) groups excluding carboxylic acids is 1. The zero-order chi connectivity index (χ0) is 18.7. The van der Waals surface area contributed by atoms with Crippen molar-refractivity contribution in [2.24, 2.45) is 0 Å². The minimum atomic E-state index is -0.0282. The summed E-state index contributed by atoms with van der Waals surface area (Å²) in [5, 5.41) is 12.1. The molecule has 0 fully saturated rings. The van der Waals surface area contributed by atoms with Crippen LogP contribution in [-0.2, 0) is 6.42 Å². The van der Waals surface area contributed by atoms with E-state index in [1.807, 2.05) is 13.8 Å². The van der Waals surface area contributed by atoms with Crippen LogP contribution in [-0.4, -0.2) is 31.1 Å². The third kappa shape index (κ3) is 3.49. The SMILES string of the molecule is CCCCC(=O)c1onc(-c2nc(Cl)c3c(C)[nH]nc3n2)c1CCCC. The molecule has 3 aromatic heterocycles. The lowest BCUT2D eigenvalue weighted by atomic mass is 10.0. The number of ketones is 1. The summed E-state index contributed by atoms with van der Waals surface area (Å²) >= 11 is 6.32.